The molecule has 0 bridgehead atoms. The van der Waals surface area contributed by atoms with Gasteiger partial charge in [-0.25, -0.2) is 0 Å². The smallest absolute Gasteiger partial charge is 0.164 e. The van der Waals surface area contributed by atoms with Crippen molar-refractivity contribution in [3.05, 3.63) is 12.1 Å². The van der Waals surface area contributed by atoms with Crippen molar-refractivity contribution in [3.8, 4) is 17.2 Å². The standard InChI is InChI=1S/C11H17NO3/c1-7(2)15-9-6-11(14-4)10(13-3)5-8(9)12/h5-7H,12H2,1-4H3. The molecule has 0 aliphatic carbocycles. The number of benzene rings is 1. The van der Waals surface area contributed by atoms with E-state index in [1.165, 1.54) is 0 Å². The van der Waals surface area contributed by atoms with Crippen LogP contribution in [-0.2, 0) is 0 Å². The molecule has 0 saturated heterocycles. The van der Waals surface area contributed by atoms with E-state index in [2.05, 4.69) is 0 Å². The molecule has 0 amide bonds. The van der Waals surface area contributed by atoms with Gasteiger partial charge >= 0.3 is 0 Å². The first-order valence-electron chi connectivity index (χ1n) is 4.76. The highest BCUT2D eigenvalue weighted by atomic mass is 16.5. The molecule has 0 unspecified atom stereocenters. The van der Waals surface area contributed by atoms with Crippen LogP contribution in [0, 0.1) is 0 Å². The van der Waals surface area contributed by atoms with Crippen LogP contribution in [0.15, 0.2) is 12.1 Å². The Bertz CT molecular complexity index is 337. The van der Waals surface area contributed by atoms with E-state index in [0.29, 0.717) is 22.9 Å². The highest BCUT2D eigenvalue weighted by Crippen LogP contribution is 2.36. The van der Waals surface area contributed by atoms with E-state index in [4.69, 9.17) is 19.9 Å². The summed E-state index contributed by atoms with van der Waals surface area (Å²) in [6, 6.07) is 3.42. The summed E-state index contributed by atoms with van der Waals surface area (Å²) in [7, 11) is 3.15. The van der Waals surface area contributed by atoms with Gasteiger partial charge in [0.05, 0.1) is 26.0 Å². The zero-order valence-corrected chi connectivity index (χ0v) is 9.53. The van der Waals surface area contributed by atoms with E-state index < -0.39 is 0 Å². The van der Waals surface area contributed by atoms with Gasteiger partial charge in [-0.15, -0.1) is 0 Å². The minimum atomic E-state index is 0.0744. The molecule has 0 aromatic heterocycles. The van der Waals surface area contributed by atoms with Crippen LogP contribution >= 0.6 is 0 Å². The van der Waals surface area contributed by atoms with E-state index in [1.54, 1.807) is 26.4 Å². The van der Waals surface area contributed by atoms with Gasteiger partial charge in [-0.2, -0.15) is 0 Å². The van der Waals surface area contributed by atoms with Crippen molar-refractivity contribution in [1.82, 2.24) is 0 Å². The molecule has 0 fully saturated rings. The van der Waals surface area contributed by atoms with Gasteiger partial charge in [-0.05, 0) is 13.8 Å². The third kappa shape index (κ3) is 2.68. The molecular formula is C11H17NO3. The molecule has 1 rings (SSSR count). The third-order valence-corrected chi connectivity index (χ3v) is 1.88. The number of rotatable bonds is 4. The van der Waals surface area contributed by atoms with Gasteiger partial charge in [-0.1, -0.05) is 0 Å². The quantitative estimate of drug-likeness (QED) is 0.775. The second-order valence-electron chi connectivity index (χ2n) is 3.41. The van der Waals surface area contributed by atoms with Gasteiger partial charge in [0.1, 0.15) is 5.75 Å². The van der Waals surface area contributed by atoms with Crippen LogP contribution in [0.1, 0.15) is 13.8 Å². The van der Waals surface area contributed by atoms with Crippen molar-refractivity contribution >= 4 is 5.69 Å². The Balaban J connectivity index is 3.08. The molecule has 1 aromatic carbocycles. The lowest BCUT2D eigenvalue weighted by molar-refractivity contribution is 0.242. The third-order valence-electron chi connectivity index (χ3n) is 1.88. The maximum Gasteiger partial charge on any atom is 0.164 e. The first-order chi connectivity index (χ1) is 7.08. The number of ether oxygens (including phenoxy) is 3. The Morgan fingerprint density at radius 3 is 2.00 bits per heavy atom. The van der Waals surface area contributed by atoms with Gasteiger partial charge in [0.2, 0.25) is 0 Å². The summed E-state index contributed by atoms with van der Waals surface area (Å²) in [6.45, 7) is 3.88. The highest BCUT2D eigenvalue weighted by molar-refractivity contribution is 5.61. The second-order valence-corrected chi connectivity index (χ2v) is 3.41. The van der Waals surface area contributed by atoms with Crippen LogP contribution < -0.4 is 19.9 Å². The molecule has 1 aromatic rings. The largest absolute Gasteiger partial charge is 0.493 e. The lowest BCUT2D eigenvalue weighted by atomic mass is 10.2. The molecule has 0 aliphatic heterocycles. The fourth-order valence-electron chi connectivity index (χ4n) is 1.23. The number of hydrogen-bond acceptors (Lipinski definition) is 4. The highest BCUT2D eigenvalue weighted by Gasteiger charge is 2.10. The summed E-state index contributed by atoms with van der Waals surface area (Å²) in [4.78, 5) is 0. The Labute approximate surface area is 89.9 Å². The molecule has 0 heterocycles. The van der Waals surface area contributed by atoms with E-state index in [0.717, 1.165) is 0 Å². The van der Waals surface area contributed by atoms with Crippen molar-refractivity contribution in [2.24, 2.45) is 0 Å². The van der Waals surface area contributed by atoms with Crippen LogP contribution in [0.25, 0.3) is 0 Å². The fourth-order valence-corrected chi connectivity index (χ4v) is 1.23. The molecule has 0 aliphatic rings. The normalized spacial score (nSPS) is 10.2. The average molecular weight is 211 g/mol. The Kier molecular flexibility index (Phi) is 3.66. The van der Waals surface area contributed by atoms with Crippen LogP contribution in [0.3, 0.4) is 0 Å². The first-order valence-corrected chi connectivity index (χ1v) is 4.76. The van der Waals surface area contributed by atoms with Gasteiger partial charge in [0.25, 0.3) is 0 Å². The van der Waals surface area contributed by atoms with Gasteiger partial charge in [0, 0.05) is 12.1 Å². The fraction of sp³-hybridized carbons (Fsp3) is 0.455. The molecule has 15 heavy (non-hydrogen) atoms. The van der Waals surface area contributed by atoms with Crippen molar-refractivity contribution < 1.29 is 14.2 Å². The van der Waals surface area contributed by atoms with E-state index in [9.17, 15) is 0 Å². The Morgan fingerprint density at radius 2 is 1.53 bits per heavy atom. The maximum absolute atomic E-state index is 5.81. The first kappa shape index (κ1) is 11.5. The molecule has 0 saturated carbocycles. The van der Waals surface area contributed by atoms with Crippen LogP contribution in [-0.4, -0.2) is 20.3 Å². The van der Waals surface area contributed by atoms with Crippen molar-refractivity contribution in [2.75, 3.05) is 20.0 Å². The molecule has 4 nitrogen and oxygen atoms in total. The number of anilines is 1. The predicted octanol–water partition coefficient (Wildman–Crippen LogP) is 2.07. The molecule has 0 spiro atoms. The topological polar surface area (TPSA) is 53.7 Å². The molecular weight excluding hydrogens is 194 g/mol. The van der Waals surface area contributed by atoms with E-state index >= 15 is 0 Å². The predicted molar refractivity (Wildman–Crippen MR) is 59.7 cm³/mol. The van der Waals surface area contributed by atoms with Crippen molar-refractivity contribution in [1.29, 1.82) is 0 Å². The lowest BCUT2D eigenvalue weighted by Crippen LogP contribution is -2.08. The molecule has 0 atom stereocenters. The number of nitrogens with two attached hydrogens (primary N) is 1. The summed E-state index contributed by atoms with van der Waals surface area (Å²) in [5.41, 5.74) is 6.35. The van der Waals surface area contributed by atoms with E-state index in [-0.39, 0.29) is 6.10 Å². The van der Waals surface area contributed by atoms with E-state index in [1.807, 2.05) is 13.8 Å². The van der Waals surface area contributed by atoms with Gasteiger partial charge in [0.15, 0.2) is 11.5 Å². The Hall–Kier alpha value is -1.58. The summed E-state index contributed by atoms with van der Waals surface area (Å²) in [6.07, 6.45) is 0.0744. The summed E-state index contributed by atoms with van der Waals surface area (Å²) in [5.74, 6) is 1.83. The maximum atomic E-state index is 5.81. The minimum Gasteiger partial charge on any atom is -0.493 e. The zero-order chi connectivity index (χ0) is 11.4. The lowest BCUT2D eigenvalue weighted by Gasteiger charge is -2.15. The summed E-state index contributed by atoms with van der Waals surface area (Å²) in [5, 5.41) is 0. The van der Waals surface area contributed by atoms with Crippen LogP contribution in [0.5, 0.6) is 17.2 Å². The van der Waals surface area contributed by atoms with Gasteiger partial charge in [-0.3, -0.25) is 0 Å². The van der Waals surface area contributed by atoms with Crippen molar-refractivity contribution in [3.63, 3.8) is 0 Å². The SMILES string of the molecule is COc1cc(N)c(OC(C)C)cc1OC. The zero-order valence-electron chi connectivity index (χ0n) is 9.53. The monoisotopic (exact) mass is 211 g/mol. The van der Waals surface area contributed by atoms with Crippen LogP contribution in [0.2, 0.25) is 0 Å². The molecule has 2 N–H and O–H groups in total. The second kappa shape index (κ2) is 4.77. The molecule has 84 valence electrons. The number of hydrogen-bond donors (Lipinski definition) is 1. The summed E-state index contributed by atoms with van der Waals surface area (Å²) >= 11 is 0. The van der Waals surface area contributed by atoms with Crippen molar-refractivity contribution in [2.45, 2.75) is 20.0 Å². The summed E-state index contributed by atoms with van der Waals surface area (Å²) < 4.78 is 15.8. The van der Waals surface area contributed by atoms with Gasteiger partial charge < -0.3 is 19.9 Å². The number of nitrogen functional groups attached to an aromatic ring is 1. The van der Waals surface area contributed by atoms with Crippen LogP contribution in [0.4, 0.5) is 5.69 Å². The molecule has 0 radical (unpaired) electrons. The Morgan fingerprint density at radius 1 is 1.00 bits per heavy atom. The average Bonchev–Trinajstić information content (AvgIpc) is 2.19. The minimum absolute atomic E-state index is 0.0744. The number of methoxy groups -OCH3 is 2. The molecule has 4 heteroatoms.